The number of aromatic nitrogens is 3. The Morgan fingerprint density at radius 1 is 1.03 bits per heavy atom. The van der Waals surface area contributed by atoms with Crippen molar-refractivity contribution < 1.29 is 9.21 Å². The Balaban J connectivity index is 1.41. The van der Waals surface area contributed by atoms with Crippen molar-refractivity contribution in [2.75, 3.05) is 36.8 Å². The van der Waals surface area contributed by atoms with Crippen LogP contribution < -0.4 is 16.4 Å². The van der Waals surface area contributed by atoms with E-state index in [0.29, 0.717) is 24.2 Å². The number of benzene rings is 1. The van der Waals surface area contributed by atoms with Crippen molar-refractivity contribution in [3.63, 3.8) is 0 Å². The monoisotopic (exact) mass is 417 g/mol. The number of carbonyl (C=O) groups excluding carboxylic acids is 1. The highest BCUT2D eigenvalue weighted by molar-refractivity contribution is 5.84. The number of fused-ring (bicyclic) bond motifs is 2. The molecule has 5 rings (SSSR count). The molecule has 0 saturated carbocycles. The SMILES string of the molecule is CC(N)C(=O)N1CCN(c2cnc3ccc(-c4ccc5oc(N)nc5c4)nc3c2)CC1. The molecule has 0 spiro atoms. The van der Waals surface area contributed by atoms with Crippen molar-refractivity contribution in [3.8, 4) is 11.3 Å². The second-order valence-corrected chi connectivity index (χ2v) is 7.76. The molecule has 4 heterocycles. The number of oxazole rings is 1. The fraction of sp³-hybridized carbons (Fsp3) is 0.273. The zero-order chi connectivity index (χ0) is 21.5. The van der Waals surface area contributed by atoms with Crippen molar-refractivity contribution in [1.82, 2.24) is 19.9 Å². The van der Waals surface area contributed by atoms with E-state index in [9.17, 15) is 4.79 Å². The summed E-state index contributed by atoms with van der Waals surface area (Å²) in [6, 6.07) is 11.3. The molecule has 1 unspecified atom stereocenters. The van der Waals surface area contributed by atoms with Gasteiger partial charge in [0.2, 0.25) is 5.91 Å². The van der Waals surface area contributed by atoms with E-state index in [-0.39, 0.29) is 11.9 Å². The van der Waals surface area contributed by atoms with Crippen LogP contribution in [0.2, 0.25) is 0 Å². The van der Waals surface area contributed by atoms with Gasteiger partial charge in [-0.1, -0.05) is 0 Å². The summed E-state index contributed by atoms with van der Waals surface area (Å²) in [5.74, 6) is -0.00608. The number of nitrogens with zero attached hydrogens (tertiary/aromatic N) is 5. The van der Waals surface area contributed by atoms with E-state index in [2.05, 4.69) is 14.9 Å². The molecule has 158 valence electrons. The van der Waals surface area contributed by atoms with Gasteiger partial charge in [-0.2, -0.15) is 4.98 Å². The average Bonchev–Trinajstić information content (AvgIpc) is 3.17. The van der Waals surface area contributed by atoms with E-state index in [0.717, 1.165) is 41.1 Å². The zero-order valence-electron chi connectivity index (χ0n) is 17.2. The number of anilines is 2. The molecule has 9 nitrogen and oxygen atoms in total. The fourth-order valence-corrected chi connectivity index (χ4v) is 3.91. The van der Waals surface area contributed by atoms with E-state index in [1.165, 1.54) is 0 Å². The summed E-state index contributed by atoms with van der Waals surface area (Å²) >= 11 is 0. The van der Waals surface area contributed by atoms with Gasteiger partial charge in [0.1, 0.15) is 5.52 Å². The summed E-state index contributed by atoms with van der Waals surface area (Å²) in [6.07, 6.45) is 1.86. The highest BCUT2D eigenvalue weighted by atomic mass is 16.4. The minimum atomic E-state index is -0.468. The standard InChI is InChI=1S/C22H23N7O2/c1-13(23)21(30)29-8-6-28(7-9-29)15-11-18-17(25-12-15)4-3-16(26-18)14-2-5-20-19(10-14)27-22(24)31-20/h2-5,10-13H,6-9,23H2,1H3,(H2,24,27). The summed E-state index contributed by atoms with van der Waals surface area (Å²) in [5, 5.41) is 0. The number of carbonyl (C=O) groups is 1. The lowest BCUT2D eigenvalue weighted by Crippen LogP contribution is -2.52. The lowest BCUT2D eigenvalue weighted by atomic mass is 10.1. The van der Waals surface area contributed by atoms with Gasteiger partial charge in [0.15, 0.2) is 5.58 Å². The molecule has 1 aromatic carbocycles. The van der Waals surface area contributed by atoms with Crippen LogP contribution in [-0.4, -0.2) is 58.0 Å². The van der Waals surface area contributed by atoms with Crippen LogP contribution >= 0.6 is 0 Å². The predicted octanol–water partition coefficient (Wildman–Crippen LogP) is 2.02. The van der Waals surface area contributed by atoms with Crippen molar-refractivity contribution in [1.29, 1.82) is 0 Å². The largest absolute Gasteiger partial charge is 0.424 e. The van der Waals surface area contributed by atoms with Crippen LogP contribution in [0.5, 0.6) is 0 Å². The maximum absolute atomic E-state index is 12.1. The van der Waals surface area contributed by atoms with Crippen LogP contribution in [0.25, 0.3) is 33.4 Å². The number of hydrogen-bond donors (Lipinski definition) is 2. The van der Waals surface area contributed by atoms with Crippen LogP contribution in [0.1, 0.15) is 6.92 Å². The summed E-state index contributed by atoms with van der Waals surface area (Å²) in [5.41, 5.74) is 17.1. The van der Waals surface area contributed by atoms with E-state index in [4.69, 9.17) is 20.9 Å². The minimum Gasteiger partial charge on any atom is -0.424 e. The molecular formula is C22H23N7O2. The zero-order valence-corrected chi connectivity index (χ0v) is 17.2. The smallest absolute Gasteiger partial charge is 0.292 e. The van der Waals surface area contributed by atoms with Crippen molar-refractivity contribution in [2.45, 2.75) is 13.0 Å². The molecule has 0 radical (unpaired) electrons. The number of hydrogen-bond acceptors (Lipinski definition) is 8. The first-order valence-corrected chi connectivity index (χ1v) is 10.2. The second-order valence-electron chi connectivity index (χ2n) is 7.76. The van der Waals surface area contributed by atoms with Gasteiger partial charge in [0, 0.05) is 31.7 Å². The van der Waals surface area contributed by atoms with Gasteiger partial charge < -0.3 is 25.7 Å². The summed E-state index contributed by atoms with van der Waals surface area (Å²) in [4.78, 5) is 29.7. The second kappa shape index (κ2) is 7.51. The average molecular weight is 417 g/mol. The molecule has 1 aliphatic heterocycles. The lowest BCUT2D eigenvalue weighted by molar-refractivity contribution is -0.132. The Morgan fingerprint density at radius 3 is 2.61 bits per heavy atom. The van der Waals surface area contributed by atoms with E-state index in [1.54, 1.807) is 6.92 Å². The number of rotatable bonds is 3. The molecule has 1 atom stereocenters. The molecule has 4 aromatic rings. The molecule has 1 saturated heterocycles. The molecule has 1 amide bonds. The van der Waals surface area contributed by atoms with Crippen LogP contribution in [0.3, 0.4) is 0 Å². The number of nitrogen functional groups attached to an aromatic ring is 1. The molecule has 4 N–H and O–H groups in total. The Bertz CT molecular complexity index is 1280. The van der Waals surface area contributed by atoms with Crippen LogP contribution in [0, 0.1) is 0 Å². The molecule has 0 aliphatic carbocycles. The first-order chi connectivity index (χ1) is 15.0. The number of nitrogens with two attached hydrogens (primary N) is 2. The Kier molecular flexibility index (Phi) is 4.67. The molecule has 3 aromatic heterocycles. The molecule has 31 heavy (non-hydrogen) atoms. The topological polar surface area (TPSA) is 127 Å². The third-order valence-electron chi connectivity index (χ3n) is 5.57. The van der Waals surface area contributed by atoms with Gasteiger partial charge in [0.05, 0.1) is 34.7 Å². The minimum absolute atomic E-state index is 0.00608. The summed E-state index contributed by atoms with van der Waals surface area (Å²) in [6.45, 7) is 4.48. The van der Waals surface area contributed by atoms with Crippen LogP contribution in [-0.2, 0) is 4.79 Å². The quantitative estimate of drug-likeness (QED) is 0.518. The van der Waals surface area contributed by atoms with Crippen molar-refractivity contribution >= 4 is 39.7 Å². The van der Waals surface area contributed by atoms with E-state index >= 15 is 0 Å². The van der Waals surface area contributed by atoms with Crippen LogP contribution in [0.4, 0.5) is 11.7 Å². The third kappa shape index (κ3) is 3.64. The predicted molar refractivity (Wildman–Crippen MR) is 119 cm³/mol. The lowest BCUT2D eigenvalue weighted by Gasteiger charge is -2.36. The molecule has 1 fully saturated rings. The maximum atomic E-state index is 12.1. The summed E-state index contributed by atoms with van der Waals surface area (Å²) in [7, 11) is 0. The van der Waals surface area contributed by atoms with Gasteiger partial charge in [-0.05, 0) is 43.3 Å². The number of piperazine rings is 1. The van der Waals surface area contributed by atoms with Gasteiger partial charge in [0.25, 0.3) is 6.01 Å². The van der Waals surface area contributed by atoms with Gasteiger partial charge in [-0.3, -0.25) is 9.78 Å². The first kappa shape index (κ1) is 19.3. The van der Waals surface area contributed by atoms with Crippen molar-refractivity contribution in [2.24, 2.45) is 5.73 Å². The van der Waals surface area contributed by atoms with Crippen LogP contribution in [0.15, 0.2) is 47.0 Å². The maximum Gasteiger partial charge on any atom is 0.292 e. The Morgan fingerprint density at radius 2 is 1.84 bits per heavy atom. The molecule has 0 bridgehead atoms. The Labute approximate surface area is 178 Å². The highest BCUT2D eigenvalue weighted by Gasteiger charge is 2.23. The van der Waals surface area contributed by atoms with Crippen molar-refractivity contribution in [3.05, 3.63) is 42.6 Å². The van der Waals surface area contributed by atoms with Gasteiger partial charge in [-0.15, -0.1) is 0 Å². The molecule has 1 aliphatic rings. The fourth-order valence-electron chi connectivity index (χ4n) is 3.91. The third-order valence-corrected chi connectivity index (χ3v) is 5.57. The highest BCUT2D eigenvalue weighted by Crippen LogP contribution is 2.27. The molecule has 9 heteroatoms. The summed E-state index contributed by atoms with van der Waals surface area (Å²) < 4.78 is 5.35. The first-order valence-electron chi connectivity index (χ1n) is 10.2. The van der Waals surface area contributed by atoms with Gasteiger partial charge in [-0.25, -0.2) is 4.98 Å². The Hall–Kier alpha value is -3.72. The van der Waals surface area contributed by atoms with Gasteiger partial charge >= 0.3 is 0 Å². The van der Waals surface area contributed by atoms with E-state index < -0.39 is 6.04 Å². The number of amides is 1. The normalized spacial score (nSPS) is 15.5. The number of pyridine rings is 2. The molecular weight excluding hydrogens is 394 g/mol. The van der Waals surface area contributed by atoms with E-state index in [1.807, 2.05) is 47.5 Å².